The Labute approximate surface area is 82.5 Å². The van der Waals surface area contributed by atoms with Crippen LogP contribution in [0.1, 0.15) is 18.9 Å². The molecule has 0 aliphatic rings. The lowest BCUT2D eigenvalue weighted by Crippen LogP contribution is -1.93. The van der Waals surface area contributed by atoms with Crippen molar-refractivity contribution in [3.05, 3.63) is 35.9 Å². The Bertz CT molecular complexity index is 228. The van der Waals surface area contributed by atoms with Crippen molar-refractivity contribution >= 4 is 12.0 Å². The highest BCUT2D eigenvalue weighted by Gasteiger charge is 2.03. The summed E-state index contributed by atoms with van der Waals surface area (Å²) in [5, 5.41) is 0. The Morgan fingerprint density at radius 2 is 2.08 bits per heavy atom. The molecule has 0 saturated carbocycles. The predicted molar refractivity (Wildman–Crippen MR) is 54.0 cm³/mol. The van der Waals surface area contributed by atoms with Gasteiger partial charge in [-0.3, -0.25) is 0 Å². The Hall–Kier alpha value is -0.540. The van der Waals surface area contributed by atoms with Gasteiger partial charge in [-0.1, -0.05) is 37.3 Å². The molecule has 0 heterocycles. The first-order valence-electron chi connectivity index (χ1n) is 4.29. The van der Waals surface area contributed by atoms with Crippen LogP contribution in [0.3, 0.4) is 0 Å². The average Bonchev–Trinajstić information content (AvgIpc) is 2.19. The summed E-state index contributed by atoms with van der Waals surface area (Å²) >= 11 is 0.905. The molecule has 1 aromatic rings. The lowest BCUT2D eigenvalue weighted by molar-refractivity contribution is 0.336. The Kier molecular flexibility index (Phi) is 4.86. The van der Waals surface area contributed by atoms with Crippen molar-refractivity contribution < 1.29 is 8.57 Å². The summed E-state index contributed by atoms with van der Waals surface area (Å²) < 4.78 is 17.8. The van der Waals surface area contributed by atoms with Gasteiger partial charge >= 0.3 is 0 Å². The number of rotatable bonds is 5. The highest BCUT2D eigenvalue weighted by molar-refractivity contribution is 7.95. The summed E-state index contributed by atoms with van der Waals surface area (Å²) in [5.74, 6) is 0. The number of hydrogen-bond donors (Lipinski definition) is 0. The fraction of sp³-hybridized carbons (Fsp3) is 0.400. The maximum atomic E-state index is 12.7. The van der Waals surface area contributed by atoms with Gasteiger partial charge in [0.25, 0.3) is 0 Å². The van der Waals surface area contributed by atoms with E-state index in [0.29, 0.717) is 13.0 Å². The average molecular weight is 200 g/mol. The number of benzene rings is 1. The molecule has 0 fully saturated rings. The largest absolute Gasteiger partial charge is 0.308 e. The van der Waals surface area contributed by atoms with E-state index in [1.165, 1.54) is 0 Å². The fourth-order valence-electron chi connectivity index (χ4n) is 0.818. The summed E-state index contributed by atoms with van der Waals surface area (Å²) in [5.41, 5.74) is 0.155. The van der Waals surface area contributed by atoms with Gasteiger partial charge in [0.2, 0.25) is 0 Å². The van der Waals surface area contributed by atoms with Crippen LogP contribution in [0.25, 0.3) is 0 Å². The van der Waals surface area contributed by atoms with Crippen molar-refractivity contribution in [3.63, 3.8) is 0 Å². The second kappa shape index (κ2) is 6.00. The molecule has 0 saturated heterocycles. The Morgan fingerprint density at radius 1 is 1.38 bits per heavy atom. The quantitative estimate of drug-likeness (QED) is 0.672. The fourth-order valence-corrected chi connectivity index (χ4v) is 1.31. The summed E-state index contributed by atoms with van der Waals surface area (Å²) in [6.07, 6.45) is 0.486. The van der Waals surface area contributed by atoms with Gasteiger partial charge in [-0.25, -0.2) is 4.39 Å². The smallest absolute Gasteiger partial charge is 0.171 e. The van der Waals surface area contributed by atoms with Gasteiger partial charge in [0, 0.05) is 12.0 Å². The number of alkyl halides is 1. The van der Waals surface area contributed by atoms with Crippen LogP contribution in [0.5, 0.6) is 0 Å². The van der Waals surface area contributed by atoms with Gasteiger partial charge in [-0.15, -0.1) is 0 Å². The van der Waals surface area contributed by atoms with E-state index in [2.05, 4.69) is 0 Å². The van der Waals surface area contributed by atoms with Gasteiger partial charge in [0.1, 0.15) is 0 Å². The van der Waals surface area contributed by atoms with Crippen LogP contribution in [-0.4, -0.2) is 5.50 Å². The molecule has 3 heteroatoms. The van der Waals surface area contributed by atoms with Crippen molar-refractivity contribution in [2.75, 3.05) is 0 Å². The molecule has 0 spiro atoms. The standard InChI is InChI=1S/C10H13FOS/c1-2-10(11)13-12-8-9-6-4-3-5-7-9/h3-7,10H,2,8H2,1H3. The molecule has 0 amide bonds. The lowest BCUT2D eigenvalue weighted by Gasteiger charge is -2.04. The van der Waals surface area contributed by atoms with Crippen LogP contribution in [0.4, 0.5) is 4.39 Å². The number of hydrogen-bond acceptors (Lipinski definition) is 2. The van der Waals surface area contributed by atoms with Crippen LogP contribution in [0.15, 0.2) is 30.3 Å². The minimum atomic E-state index is -0.913. The zero-order chi connectivity index (χ0) is 9.52. The van der Waals surface area contributed by atoms with Crippen LogP contribution in [-0.2, 0) is 10.8 Å². The molecule has 72 valence electrons. The first-order chi connectivity index (χ1) is 6.33. The van der Waals surface area contributed by atoms with E-state index in [0.717, 1.165) is 17.6 Å². The van der Waals surface area contributed by atoms with E-state index in [9.17, 15) is 4.39 Å². The molecule has 1 rings (SSSR count). The highest BCUT2D eigenvalue weighted by atomic mass is 32.2. The van der Waals surface area contributed by atoms with Gasteiger partial charge in [0.05, 0.1) is 6.61 Å². The molecule has 0 radical (unpaired) electrons. The third kappa shape index (κ3) is 4.29. The third-order valence-electron chi connectivity index (χ3n) is 1.56. The molecule has 1 nitrogen and oxygen atoms in total. The van der Waals surface area contributed by atoms with Gasteiger partial charge < -0.3 is 4.18 Å². The van der Waals surface area contributed by atoms with Crippen molar-refractivity contribution in [3.8, 4) is 0 Å². The normalized spacial score (nSPS) is 12.8. The van der Waals surface area contributed by atoms with Crippen molar-refractivity contribution in [1.82, 2.24) is 0 Å². The number of halogens is 1. The zero-order valence-electron chi connectivity index (χ0n) is 7.57. The van der Waals surface area contributed by atoms with Crippen LogP contribution < -0.4 is 0 Å². The molecule has 0 bridgehead atoms. The molecule has 0 aromatic heterocycles. The van der Waals surface area contributed by atoms with Crippen molar-refractivity contribution in [2.24, 2.45) is 0 Å². The molecule has 13 heavy (non-hydrogen) atoms. The first kappa shape index (κ1) is 10.5. The zero-order valence-corrected chi connectivity index (χ0v) is 8.39. The molecule has 1 unspecified atom stereocenters. The first-order valence-corrected chi connectivity index (χ1v) is 5.09. The second-order valence-corrected chi connectivity index (χ2v) is 3.60. The van der Waals surface area contributed by atoms with E-state index in [1.54, 1.807) is 6.92 Å². The molecule has 0 N–H and O–H groups in total. The van der Waals surface area contributed by atoms with Crippen LogP contribution in [0, 0.1) is 0 Å². The molecular weight excluding hydrogens is 187 g/mol. The monoisotopic (exact) mass is 200 g/mol. The summed E-state index contributed by atoms with van der Waals surface area (Å²) in [6.45, 7) is 2.26. The van der Waals surface area contributed by atoms with E-state index in [4.69, 9.17) is 4.18 Å². The minimum Gasteiger partial charge on any atom is -0.308 e. The van der Waals surface area contributed by atoms with Gasteiger partial charge in [-0.05, 0) is 12.0 Å². The molecule has 0 aliphatic heterocycles. The highest BCUT2D eigenvalue weighted by Crippen LogP contribution is 2.18. The summed E-state index contributed by atoms with van der Waals surface area (Å²) in [4.78, 5) is 0. The second-order valence-electron chi connectivity index (χ2n) is 2.66. The molecule has 1 atom stereocenters. The van der Waals surface area contributed by atoms with Gasteiger partial charge in [0.15, 0.2) is 5.50 Å². The summed E-state index contributed by atoms with van der Waals surface area (Å²) in [7, 11) is 0. The molecule has 0 aliphatic carbocycles. The third-order valence-corrected chi connectivity index (χ3v) is 2.36. The van der Waals surface area contributed by atoms with Crippen LogP contribution >= 0.6 is 12.0 Å². The molecule has 1 aromatic carbocycles. The van der Waals surface area contributed by atoms with E-state index >= 15 is 0 Å². The maximum Gasteiger partial charge on any atom is 0.171 e. The lowest BCUT2D eigenvalue weighted by atomic mass is 10.2. The van der Waals surface area contributed by atoms with E-state index in [1.807, 2.05) is 30.3 Å². The SMILES string of the molecule is CCC(F)SOCc1ccccc1. The Morgan fingerprint density at radius 3 is 2.69 bits per heavy atom. The topological polar surface area (TPSA) is 9.23 Å². The maximum absolute atomic E-state index is 12.7. The van der Waals surface area contributed by atoms with Crippen molar-refractivity contribution in [1.29, 1.82) is 0 Å². The summed E-state index contributed by atoms with van der Waals surface area (Å²) in [6, 6.07) is 9.74. The Balaban J connectivity index is 2.20. The minimum absolute atomic E-state index is 0.464. The molecular formula is C10H13FOS. The van der Waals surface area contributed by atoms with E-state index < -0.39 is 5.50 Å². The van der Waals surface area contributed by atoms with Crippen molar-refractivity contribution in [2.45, 2.75) is 25.5 Å². The van der Waals surface area contributed by atoms with Crippen LogP contribution in [0.2, 0.25) is 0 Å². The predicted octanol–water partition coefficient (Wildman–Crippen LogP) is 3.56. The van der Waals surface area contributed by atoms with Gasteiger partial charge in [-0.2, -0.15) is 0 Å². The van der Waals surface area contributed by atoms with E-state index in [-0.39, 0.29) is 0 Å².